The zero-order valence-corrected chi connectivity index (χ0v) is 12.2. The van der Waals surface area contributed by atoms with Gasteiger partial charge >= 0.3 is 12.1 Å². The monoisotopic (exact) mass is 324 g/mol. The van der Waals surface area contributed by atoms with Crippen molar-refractivity contribution in [3.8, 4) is 6.07 Å². The molecule has 1 saturated carbocycles. The van der Waals surface area contributed by atoms with E-state index in [1.54, 1.807) is 11.0 Å². The van der Waals surface area contributed by atoms with E-state index >= 15 is 0 Å². The molecule has 0 spiro atoms. The molecule has 2 atom stereocenters. The minimum atomic E-state index is -4.58. The number of carbonyl (C=O) groups is 1. The van der Waals surface area contributed by atoms with Crippen molar-refractivity contribution in [1.29, 1.82) is 5.26 Å². The predicted molar refractivity (Wildman–Crippen MR) is 75.8 cm³/mol. The predicted octanol–water partition coefficient (Wildman–Crippen LogP) is 3.27. The van der Waals surface area contributed by atoms with Crippen molar-refractivity contribution >= 4 is 11.7 Å². The summed E-state index contributed by atoms with van der Waals surface area (Å²) in [4.78, 5) is 13.5. The molecule has 1 aromatic carbocycles. The lowest BCUT2D eigenvalue weighted by Gasteiger charge is -2.24. The van der Waals surface area contributed by atoms with E-state index in [4.69, 9.17) is 5.26 Å². The molecule has 1 heterocycles. The van der Waals surface area contributed by atoms with Gasteiger partial charge in [-0.05, 0) is 37.0 Å². The van der Waals surface area contributed by atoms with Crippen LogP contribution in [0, 0.1) is 22.7 Å². The molecule has 2 fully saturated rings. The van der Waals surface area contributed by atoms with E-state index < -0.39 is 28.7 Å². The number of rotatable bonds is 2. The number of anilines is 1. The molecule has 1 aliphatic heterocycles. The van der Waals surface area contributed by atoms with E-state index in [0.29, 0.717) is 18.7 Å². The Labute approximate surface area is 131 Å². The van der Waals surface area contributed by atoms with Crippen molar-refractivity contribution in [1.82, 2.24) is 0 Å². The van der Waals surface area contributed by atoms with Gasteiger partial charge in [0.1, 0.15) is 0 Å². The fourth-order valence-corrected chi connectivity index (χ4v) is 3.90. The summed E-state index contributed by atoms with van der Waals surface area (Å²) in [7, 11) is 0. The Balaban J connectivity index is 1.93. The zero-order chi connectivity index (χ0) is 16.8. The number of hydrogen-bond acceptors (Lipinski definition) is 3. The number of nitriles is 1. The molecule has 7 heteroatoms. The molecule has 3 rings (SSSR count). The van der Waals surface area contributed by atoms with E-state index in [1.165, 1.54) is 12.1 Å². The van der Waals surface area contributed by atoms with Crippen molar-refractivity contribution in [3.05, 3.63) is 29.3 Å². The third-order valence-electron chi connectivity index (χ3n) is 5.09. The molecule has 0 unspecified atom stereocenters. The lowest BCUT2D eigenvalue weighted by molar-refractivity contribution is -0.149. The standard InChI is InChI=1S/C16H15F3N2O2/c17-16(18,19)13-4-3-12(6-10(13)7-20)21-8-11-2-1-5-15(11,9-21)14(22)23/h3-4,6,11H,1-2,5,8-9H2,(H,22,23)/t11-,15+/m0/s1. The number of aliphatic carboxylic acids is 1. The molecule has 1 saturated heterocycles. The Morgan fingerprint density at radius 2 is 2.17 bits per heavy atom. The van der Waals surface area contributed by atoms with Gasteiger partial charge in [0.15, 0.2) is 0 Å². The third-order valence-corrected chi connectivity index (χ3v) is 5.09. The van der Waals surface area contributed by atoms with Gasteiger partial charge < -0.3 is 10.0 Å². The highest BCUT2D eigenvalue weighted by Crippen LogP contribution is 2.50. The molecule has 2 aliphatic rings. The molecule has 0 bridgehead atoms. The van der Waals surface area contributed by atoms with Gasteiger partial charge in [0.05, 0.1) is 22.6 Å². The van der Waals surface area contributed by atoms with Crippen molar-refractivity contribution in [2.24, 2.45) is 11.3 Å². The number of carboxylic acids is 1. The lowest BCUT2D eigenvalue weighted by atomic mass is 9.81. The SMILES string of the molecule is N#Cc1cc(N2C[C@@H]3CCC[C@@]3(C(=O)O)C2)ccc1C(F)(F)F. The van der Waals surface area contributed by atoms with E-state index in [-0.39, 0.29) is 12.5 Å². The van der Waals surface area contributed by atoms with Crippen LogP contribution in [0.1, 0.15) is 30.4 Å². The second-order valence-corrected chi connectivity index (χ2v) is 6.27. The van der Waals surface area contributed by atoms with E-state index in [1.807, 2.05) is 0 Å². The third kappa shape index (κ3) is 2.42. The van der Waals surface area contributed by atoms with E-state index in [2.05, 4.69) is 0 Å². The molecule has 1 aliphatic carbocycles. The summed E-state index contributed by atoms with van der Waals surface area (Å²) in [5, 5.41) is 18.5. The first-order chi connectivity index (χ1) is 10.8. The van der Waals surface area contributed by atoms with Crippen LogP contribution in [0.2, 0.25) is 0 Å². The average molecular weight is 324 g/mol. The maximum absolute atomic E-state index is 12.9. The van der Waals surface area contributed by atoms with Crippen LogP contribution in [0.3, 0.4) is 0 Å². The summed E-state index contributed by atoms with van der Waals surface area (Å²) in [6.07, 6.45) is -2.31. The fourth-order valence-electron chi connectivity index (χ4n) is 3.90. The molecule has 0 radical (unpaired) electrons. The zero-order valence-electron chi connectivity index (χ0n) is 12.2. The summed E-state index contributed by atoms with van der Waals surface area (Å²) in [6.45, 7) is 0.783. The van der Waals surface area contributed by atoms with Crippen molar-refractivity contribution in [2.75, 3.05) is 18.0 Å². The molecule has 122 valence electrons. The van der Waals surface area contributed by atoms with Crippen LogP contribution in [0.15, 0.2) is 18.2 Å². The second-order valence-electron chi connectivity index (χ2n) is 6.27. The van der Waals surface area contributed by atoms with Crippen LogP contribution in [0.4, 0.5) is 18.9 Å². The van der Waals surface area contributed by atoms with E-state index in [9.17, 15) is 23.1 Å². The number of halogens is 3. The van der Waals surface area contributed by atoms with Crippen LogP contribution in [0.25, 0.3) is 0 Å². The number of alkyl halides is 3. The van der Waals surface area contributed by atoms with Gasteiger partial charge in [-0.3, -0.25) is 4.79 Å². The van der Waals surface area contributed by atoms with Crippen molar-refractivity contribution in [2.45, 2.75) is 25.4 Å². The number of carboxylic acid groups (broad SMARTS) is 1. The van der Waals surface area contributed by atoms with Gasteiger partial charge in [-0.15, -0.1) is 0 Å². The Morgan fingerprint density at radius 3 is 2.74 bits per heavy atom. The first-order valence-corrected chi connectivity index (χ1v) is 7.37. The molecular weight excluding hydrogens is 309 g/mol. The average Bonchev–Trinajstić information content (AvgIpc) is 3.03. The lowest BCUT2D eigenvalue weighted by Crippen LogP contribution is -2.35. The Hall–Kier alpha value is -2.23. The normalized spacial score (nSPS) is 26.9. The molecule has 4 nitrogen and oxygen atoms in total. The minimum absolute atomic E-state index is 0.00725. The van der Waals surface area contributed by atoms with Gasteiger partial charge in [-0.25, -0.2) is 0 Å². The number of benzene rings is 1. The van der Waals surface area contributed by atoms with Crippen LogP contribution in [-0.4, -0.2) is 24.2 Å². The quantitative estimate of drug-likeness (QED) is 0.907. The molecule has 0 aromatic heterocycles. The van der Waals surface area contributed by atoms with Crippen molar-refractivity contribution < 1.29 is 23.1 Å². The van der Waals surface area contributed by atoms with Crippen LogP contribution in [-0.2, 0) is 11.0 Å². The molecule has 23 heavy (non-hydrogen) atoms. The summed E-state index contributed by atoms with van der Waals surface area (Å²) in [5.41, 5.74) is -1.73. The maximum Gasteiger partial charge on any atom is 0.417 e. The molecule has 1 N–H and O–H groups in total. The molecule has 1 aromatic rings. The van der Waals surface area contributed by atoms with Gasteiger partial charge in [0, 0.05) is 18.8 Å². The highest BCUT2D eigenvalue weighted by Gasteiger charge is 2.55. The first kappa shape index (κ1) is 15.7. The maximum atomic E-state index is 12.9. The summed E-state index contributed by atoms with van der Waals surface area (Å²) >= 11 is 0. The minimum Gasteiger partial charge on any atom is -0.481 e. The Morgan fingerprint density at radius 1 is 1.43 bits per heavy atom. The second kappa shape index (κ2) is 5.15. The van der Waals surface area contributed by atoms with Gasteiger partial charge in [-0.1, -0.05) is 6.42 Å². The van der Waals surface area contributed by atoms with Crippen LogP contribution < -0.4 is 4.90 Å². The van der Waals surface area contributed by atoms with Gasteiger partial charge in [0.2, 0.25) is 0 Å². The number of hydrogen-bond donors (Lipinski definition) is 1. The largest absolute Gasteiger partial charge is 0.481 e. The highest BCUT2D eigenvalue weighted by atomic mass is 19.4. The number of fused-ring (bicyclic) bond motifs is 1. The fraction of sp³-hybridized carbons (Fsp3) is 0.500. The van der Waals surface area contributed by atoms with E-state index in [0.717, 1.165) is 18.9 Å². The van der Waals surface area contributed by atoms with Gasteiger partial charge in [-0.2, -0.15) is 18.4 Å². The first-order valence-electron chi connectivity index (χ1n) is 7.37. The molecular formula is C16H15F3N2O2. The van der Waals surface area contributed by atoms with Gasteiger partial charge in [0.25, 0.3) is 0 Å². The molecule has 0 amide bonds. The highest BCUT2D eigenvalue weighted by molar-refractivity contribution is 5.78. The van der Waals surface area contributed by atoms with Crippen LogP contribution >= 0.6 is 0 Å². The summed E-state index contributed by atoms with van der Waals surface area (Å²) in [6, 6.07) is 5.01. The van der Waals surface area contributed by atoms with Crippen molar-refractivity contribution in [3.63, 3.8) is 0 Å². The summed E-state index contributed by atoms with van der Waals surface area (Å²) in [5.74, 6) is -0.831. The Kier molecular flexibility index (Phi) is 3.51. The number of nitrogens with zero attached hydrogens (tertiary/aromatic N) is 2. The Bertz CT molecular complexity index is 696. The topological polar surface area (TPSA) is 64.3 Å². The smallest absolute Gasteiger partial charge is 0.417 e. The van der Waals surface area contributed by atoms with Crippen LogP contribution in [0.5, 0.6) is 0 Å². The summed E-state index contributed by atoms with van der Waals surface area (Å²) < 4.78 is 38.6.